The molecule has 0 aromatic rings. The Hall–Kier alpha value is -0.380. The van der Waals surface area contributed by atoms with Gasteiger partial charge in [-0.3, -0.25) is 9.59 Å². The number of aliphatic hydroxyl groups is 1. The van der Waals surface area contributed by atoms with Crippen molar-refractivity contribution >= 4 is 29.8 Å². The van der Waals surface area contributed by atoms with Crippen LogP contribution in [0.15, 0.2) is 0 Å². The first-order valence-electron chi connectivity index (χ1n) is 3.33. The number of aliphatic carboxylic acids is 3. The van der Waals surface area contributed by atoms with E-state index in [4.69, 9.17) is 25.1 Å². The summed E-state index contributed by atoms with van der Waals surface area (Å²) in [4.78, 5) is 30.5. The third kappa shape index (κ3) is 8.89. The average Bonchev–Trinajstić information content (AvgIpc) is 2.04. The van der Waals surface area contributed by atoms with Crippen LogP contribution < -0.4 is 34.2 Å². The first-order valence-corrected chi connectivity index (χ1v) is 3.63. The van der Waals surface area contributed by atoms with Crippen molar-refractivity contribution < 1.29 is 69.0 Å². The van der Waals surface area contributed by atoms with Gasteiger partial charge in [0.25, 0.3) is 0 Å². The van der Waals surface area contributed by atoms with E-state index in [-0.39, 0.29) is 29.6 Å². The number of carbonyl (C=O) groups is 3. The van der Waals surface area contributed by atoms with E-state index in [0.717, 1.165) is 0 Å². The van der Waals surface area contributed by atoms with Gasteiger partial charge in [0.2, 0.25) is 0 Å². The van der Waals surface area contributed by atoms with E-state index in [1.54, 1.807) is 0 Å². The molecule has 0 rings (SSSR count). The topological polar surface area (TPSA) is 155 Å². The Balaban J connectivity index is -0.000000529. The summed E-state index contributed by atoms with van der Waals surface area (Å²) in [5, 5.41) is 33.8. The number of rotatable bonds is 5. The van der Waals surface area contributed by atoms with E-state index in [1.807, 2.05) is 0 Å². The molecule has 0 spiro atoms. The molecule has 0 atom stereocenters. The minimum Gasteiger partial charge on any atom is -0.769 e. The SMILES string of the molecule is O=C(O)CC(O)(CC(=O)O)C(=O)O.[Na+].[O-]Cl. The van der Waals surface area contributed by atoms with Crippen LogP contribution in [0.2, 0.25) is 0 Å². The van der Waals surface area contributed by atoms with Crippen molar-refractivity contribution in [1.29, 1.82) is 0 Å². The van der Waals surface area contributed by atoms with Gasteiger partial charge < -0.3 is 25.1 Å². The fraction of sp³-hybridized carbons (Fsp3) is 0.500. The molecule has 0 saturated carbocycles. The fourth-order valence-corrected chi connectivity index (χ4v) is 0.714. The number of halogens is 1. The van der Waals surface area contributed by atoms with Crippen LogP contribution in [-0.2, 0) is 14.4 Å². The van der Waals surface area contributed by atoms with Gasteiger partial charge >= 0.3 is 47.5 Å². The van der Waals surface area contributed by atoms with Crippen LogP contribution in [0.3, 0.4) is 0 Å². The number of carboxylic acids is 3. The zero-order valence-electron chi connectivity index (χ0n) is 8.21. The van der Waals surface area contributed by atoms with Crippen molar-refractivity contribution in [1.82, 2.24) is 0 Å². The molecule has 0 aliphatic heterocycles. The summed E-state index contributed by atoms with van der Waals surface area (Å²) in [6, 6.07) is 0. The average molecular weight is 267 g/mol. The molecule has 0 bridgehead atoms. The molecule has 0 radical (unpaired) electrons. The summed E-state index contributed by atoms with van der Waals surface area (Å²) in [5.41, 5.74) is -2.74. The van der Waals surface area contributed by atoms with E-state index in [1.165, 1.54) is 0 Å². The van der Waals surface area contributed by atoms with Gasteiger partial charge in [0.05, 0.1) is 12.8 Å². The van der Waals surface area contributed by atoms with Gasteiger partial charge in [-0.2, -0.15) is 0 Å². The van der Waals surface area contributed by atoms with Crippen LogP contribution in [0.5, 0.6) is 0 Å². The van der Waals surface area contributed by atoms with E-state index < -0.39 is 36.4 Å². The maximum absolute atomic E-state index is 10.3. The predicted octanol–water partition coefficient (Wildman–Crippen LogP) is -4.74. The summed E-state index contributed by atoms with van der Waals surface area (Å²) < 4.78 is 7.72. The molecule has 0 aromatic carbocycles. The molecule has 0 saturated heterocycles. The first kappa shape index (κ1) is 21.0. The van der Waals surface area contributed by atoms with Crippen LogP contribution in [0.25, 0.3) is 0 Å². The predicted molar refractivity (Wildman–Crippen MR) is 42.9 cm³/mol. The van der Waals surface area contributed by atoms with Crippen molar-refractivity contribution in [3.8, 4) is 0 Å². The molecule has 0 aliphatic carbocycles. The Kier molecular flexibility index (Phi) is 12.9. The van der Waals surface area contributed by atoms with Crippen molar-refractivity contribution in [2.45, 2.75) is 18.4 Å². The number of hydrogen-bond acceptors (Lipinski definition) is 5. The minimum atomic E-state index is -2.74. The summed E-state index contributed by atoms with van der Waals surface area (Å²) in [7, 11) is 0. The molecule has 0 aromatic heterocycles. The van der Waals surface area contributed by atoms with E-state index in [2.05, 4.69) is 11.9 Å². The second-order valence-electron chi connectivity index (χ2n) is 2.48. The van der Waals surface area contributed by atoms with Crippen LogP contribution >= 0.6 is 11.9 Å². The Morgan fingerprint density at radius 2 is 1.25 bits per heavy atom. The van der Waals surface area contributed by atoms with Crippen molar-refractivity contribution in [2.24, 2.45) is 0 Å². The molecule has 0 fully saturated rings. The zero-order valence-corrected chi connectivity index (χ0v) is 11.0. The molecular formula is C6H8ClNaO8. The largest absolute Gasteiger partial charge is 1.00 e. The summed E-state index contributed by atoms with van der Waals surface area (Å²) in [5.74, 6) is -5.02. The maximum atomic E-state index is 10.3. The quantitative estimate of drug-likeness (QED) is 0.362. The van der Waals surface area contributed by atoms with Gasteiger partial charge in [-0.1, -0.05) is 0 Å². The van der Waals surface area contributed by atoms with Crippen LogP contribution in [0.1, 0.15) is 12.8 Å². The fourth-order valence-electron chi connectivity index (χ4n) is 0.714. The third-order valence-electron chi connectivity index (χ3n) is 1.29. The third-order valence-corrected chi connectivity index (χ3v) is 1.29. The second kappa shape index (κ2) is 9.82. The smallest absolute Gasteiger partial charge is 0.769 e. The van der Waals surface area contributed by atoms with E-state index in [9.17, 15) is 14.4 Å². The molecule has 0 heterocycles. The summed E-state index contributed by atoms with van der Waals surface area (Å²) in [6.07, 6.45) is -2.29. The number of carboxylic acid groups (broad SMARTS) is 3. The van der Waals surface area contributed by atoms with Crippen molar-refractivity contribution in [3.05, 3.63) is 0 Å². The Bertz CT molecular complexity index is 239. The molecule has 16 heavy (non-hydrogen) atoms. The van der Waals surface area contributed by atoms with Gasteiger partial charge in [0, 0.05) is 0 Å². The second-order valence-corrected chi connectivity index (χ2v) is 2.48. The van der Waals surface area contributed by atoms with E-state index >= 15 is 0 Å². The summed E-state index contributed by atoms with van der Waals surface area (Å²) >= 11 is 3.39. The molecule has 0 amide bonds. The molecule has 88 valence electrons. The van der Waals surface area contributed by atoms with Crippen LogP contribution in [0, 0.1) is 0 Å². The number of hydrogen-bond donors (Lipinski definition) is 4. The van der Waals surface area contributed by atoms with Gasteiger partial charge in [-0.25, -0.2) is 16.7 Å². The first-order chi connectivity index (χ1) is 6.78. The minimum absolute atomic E-state index is 0. The van der Waals surface area contributed by atoms with Gasteiger partial charge in [-0.05, 0) is 0 Å². The van der Waals surface area contributed by atoms with Crippen LogP contribution in [0.4, 0.5) is 0 Å². The molecule has 8 nitrogen and oxygen atoms in total. The molecule has 0 aliphatic rings. The normalized spacial score (nSPS) is 9.19. The Labute approximate surface area is 117 Å². The Morgan fingerprint density at radius 1 is 1.00 bits per heavy atom. The molecular weight excluding hydrogens is 259 g/mol. The molecule has 10 heteroatoms. The molecule has 0 unspecified atom stereocenters. The van der Waals surface area contributed by atoms with Crippen molar-refractivity contribution in [2.75, 3.05) is 0 Å². The summed E-state index contributed by atoms with van der Waals surface area (Å²) in [6.45, 7) is 0. The monoisotopic (exact) mass is 266 g/mol. The van der Waals surface area contributed by atoms with Crippen LogP contribution in [-0.4, -0.2) is 43.9 Å². The Morgan fingerprint density at radius 3 is 1.38 bits per heavy atom. The zero-order chi connectivity index (χ0) is 12.6. The van der Waals surface area contributed by atoms with Crippen molar-refractivity contribution in [3.63, 3.8) is 0 Å². The maximum Gasteiger partial charge on any atom is 1.00 e. The van der Waals surface area contributed by atoms with Gasteiger partial charge in [0.15, 0.2) is 5.60 Å². The molecule has 4 N–H and O–H groups in total. The van der Waals surface area contributed by atoms with Gasteiger partial charge in [0.1, 0.15) is 0 Å². The standard InChI is InChI=1S/C6H8O7.ClO.Na/c7-3(8)1-6(13,5(11)12)2-4(9)10;1-2;/h13H,1-2H2,(H,7,8)(H,9,10)(H,11,12);;/q;-1;+1. The van der Waals surface area contributed by atoms with Gasteiger partial charge in [-0.15, -0.1) is 0 Å². The van der Waals surface area contributed by atoms with E-state index in [0.29, 0.717) is 0 Å².